The largest absolute Gasteiger partial charge is 0.395 e. The Kier molecular flexibility index (Phi) is 4.47. The van der Waals surface area contributed by atoms with Gasteiger partial charge >= 0.3 is 5.69 Å². The van der Waals surface area contributed by atoms with Crippen LogP contribution in [0.15, 0.2) is 10.7 Å². The number of fused-ring (bicyclic) bond motifs is 1. The molecule has 0 spiro atoms. The first-order chi connectivity index (χ1) is 11.8. The third-order valence-corrected chi connectivity index (χ3v) is 5.99. The van der Waals surface area contributed by atoms with E-state index in [1.54, 1.807) is 11.9 Å². The molecule has 2 N–H and O–H groups in total. The Morgan fingerprint density at radius 3 is 2.80 bits per heavy atom. The van der Waals surface area contributed by atoms with Gasteiger partial charge in [-0.1, -0.05) is 0 Å². The van der Waals surface area contributed by atoms with Gasteiger partial charge in [0.15, 0.2) is 15.4 Å². The number of sulfone groups is 1. The van der Waals surface area contributed by atoms with Crippen molar-refractivity contribution >= 4 is 37.9 Å². The Morgan fingerprint density at radius 2 is 2.20 bits per heavy atom. The lowest BCUT2D eigenvalue weighted by molar-refractivity contribution is -0.382. The van der Waals surface area contributed by atoms with E-state index in [4.69, 9.17) is 5.11 Å². The molecule has 0 bridgehead atoms. The van der Waals surface area contributed by atoms with E-state index in [0.29, 0.717) is 12.1 Å². The van der Waals surface area contributed by atoms with Gasteiger partial charge in [-0.3, -0.25) is 10.1 Å². The lowest BCUT2D eigenvalue weighted by Crippen LogP contribution is -2.32. The number of rotatable bonds is 6. The molecular formula is C13H17N5O6S. The van der Waals surface area contributed by atoms with Gasteiger partial charge in [0.2, 0.25) is 5.52 Å². The number of aliphatic hydroxyl groups excluding tert-OH is 1. The number of hydrogen-bond acceptors (Lipinski definition) is 10. The molecule has 1 unspecified atom stereocenters. The summed E-state index contributed by atoms with van der Waals surface area (Å²) in [7, 11) is -1.39. The van der Waals surface area contributed by atoms with E-state index in [9.17, 15) is 18.5 Å². The van der Waals surface area contributed by atoms with E-state index < -0.39 is 14.8 Å². The van der Waals surface area contributed by atoms with Crippen molar-refractivity contribution in [2.24, 2.45) is 0 Å². The molecule has 1 fully saturated rings. The van der Waals surface area contributed by atoms with Crippen molar-refractivity contribution in [2.75, 3.05) is 41.9 Å². The second-order valence-corrected chi connectivity index (χ2v) is 8.06. The van der Waals surface area contributed by atoms with Crippen LogP contribution >= 0.6 is 0 Å². The fourth-order valence-corrected chi connectivity index (χ4v) is 4.74. The first kappa shape index (κ1) is 17.4. The van der Waals surface area contributed by atoms with E-state index >= 15 is 0 Å². The topological polar surface area (TPSA) is 152 Å². The van der Waals surface area contributed by atoms with Crippen molar-refractivity contribution in [3.63, 3.8) is 0 Å². The molecule has 136 valence electrons. The summed E-state index contributed by atoms with van der Waals surface area (Å²) in [6.07, 6.45) is 0.460. The Morgan fingerprint density at radius 1 is 1.48 bits per heavy atom. The molecule has 0 saturated carbocycles. The van der Waals surface area contributed by atoms with Gasteiger partial charge in [0.05, 0.1) is 28.7 Å². The summed E-state index contributed by atoms with van der Waals surface area (Å²) >= 11 is 0. The maximum absolute atomic E-state index is 11.7. The van der Waals surface area contributed by atoms with Crippen LogP contribution < -0.4 is 10.2 Å². The number of aromatic nitrogens is 2. The van der Waals surface area contributed by atoms with Crippen molar-refractivity contribution in [3.05, 3.63) is 16.2 Å². The van der Waals surface area contributed by atoms with Gasteiger partial charge in [0.25, 0.3) is 0 Å². The molecule has 25 heavy (non-hydrogen) atoms. The molecule has 1 atom stereocenters. The molecule has 3 rings (SSSR count). The molecule has 12 heteroatoms. The summed E-state index contributed by atoms with van der Waals surface area (Å²) in [6, 6.07) is 1.24. The zero-order valence-corrected chi connectivity index (χ0v) is 14.2. The summed E-state index contributed by atoms with van der Waals surface area (Å²) in [5, 5.41) is 30.6. The van der Waals surface area contributed by atoms with Crippen LogP contribution in [-0.2, 0) is 9.84 Å². The smallest absolute Gasteiger partial charge is 0.323 e. The molecule has 1 aliphatic heterocycles. The van der Waals surface area contributed by atoms with E-state index in [2.05, 4.69) is 20.3 Å². The maximum Gasteiger partial charge on any atom is 0.323 e. The molecule has 2 heterocycles. The summed E-state index contributed by atoms with van der Waals surface area (Å²) < 4.78 is 28.2. The number of nitro benzene ring substituents is 1. The minimum absolute atomic E-state index is 0.00661. The summed E-state index contributed by atoms with van der Waals surface area (Å²) in [4.78, 5) is 12.5. The average molecular weight is 371 g/mol. The second kappa shape index (κ2) is 6.44. The third kappa shape index (κ3) is 3.22. The number of nitrogens with zero attached hydrogens (tertiary/aromatic N) is 4. The van der Waals surface area contributed by atoms with Crippen molar-refractivity contribution in [3.8, 4) is 0 Å². The molecule has 1 aromatic carbocycles. The van der Waals surface area contributed by atoms with Gasteiger partial charge in [-0.05, 0) is 22.8 Å². The van der Waals surface area contributed by atoms with Gasteiger partial charge in [-0.15, -0.1) is 0 Å². The highest BCUT2D eigenvalue weighted by atomic mass is 32.2. The van der Waals surface area contributed by atoms with Gasteiger partial charge in [0.1, 0.15) is 5.69 Å². The summed E-state index contributed by atoms with van der Waals surface area (Å²) in [6.45, 7) is -0.100. The molecule has 11 nitrogen and oxygen atoms in total. The Labute approximate surface area is 142 Å². The molecule has 0 radical (unpaired) electrons. The number of nitro groups is 1. The first-order valence-corrected chi connectivity index (χ1v) is 9.38. The Bertz CT molecular complexity index is 911. The van der Waals surface area contributed by atoms with Crippen molar-refractivity contribution in [1.29, 1.82) is 0 Å². The SMILES string of the molecule is CN(c1cc(NCCO)c([N+](=O)[O-])c2nonc12)C1CCS(=O)(=O)C1. The fourth-order valence-electron chi connectivity index (χ4n) is 2.97. The van der Waals surface area contributed by atoms with Gasteiger partial charge in [-0.2, -0.15) is 0 Å². The van der Waals surface area contributed by atoms with Crippen LogP contribution in [0.5, 0.6) is 0 Å². The summed E-state index contributed by atoms with van der Waals surface area (Å²) in [5.74, 6) is 0.109. The Balaban J connectivity index is 2.10. The van der Waals surface area contributed by atoms with Crippen molar-refractivity contribution in [2.45, 2.75) is 12.5 Å². The lowest BCUT2D eigenvalue weighted by atomic mass is 10.1. The highest BCUT2D eigenvalue weighted by Crippen LogP contribution is 2.39. The normalized spacial score (nSPS) is 19.2. The second-order valence-electron chi connectivity index (χ2n) is 5.83. The van der Waals surface area contributed by atoms with Gasteiger partial charge < -0.3 is 15.3 Å². The van der Waals surface area contributed by atoms with Crippen molar-refractivity contribution in [1.82, 2.24) is 10.3 Å². The highest BCUT2D eigenvalue weighted by molar-refractivity contribution is 7.91. The molecule has 1 saturated heterocycles. The zero-order valence-electron chi connectivity index (χ0n) is 13.4. The van der Waals surface area contributed by atoms with Gasteiger partial charge in [0, 0.05) is 19.6 Å². The van der Waals surface area contributed by atoms with Crippen LogP contribution in [0.3, 0.4) is 0 Å². The first-order valence-electron chi connectivity index (χ1n) is 7.55. The lowest BCUT2D eigenvalue weighted by Gasteiger charge is -2.26. The standard InChI is InChI=1S/C13H17N5O6S/c1-17(8-2-5-25(22,23)7-8)10-6-9(14-3-4-19)13(18(20)21)12-11(10)15-24-16-12/h6,8,14,19H,2-5,7H2,1H3. The number of hydrogen-bond donors (Lipinski definition) is 2. The minimum atomic E-state index is -3.09. The van der Waals surface area contributed by atoms with Crippen LogP contribution in [0.25, 0.3) is 11.0 Å². The number of anilines is 2. The molecule has 0 aliphatic carbocycles. The number of benzene rings is 1. The van der Waals surface area contributed by atoms with E-state index in [1.807, 2.05) is 0 Å². The van der Waals surface area contributed by atoms with E-state index in [0.717, 1.165) is 0 Å². The zero-order chi connectivity index (χ0) is 18.2. The van der Waals surface area contributed by atoms with Crippen LogP contribution in [0.1, 0.15) is 6.42 Å². The summed E-state index contributed by atoms with van der Waals surface area (Å²) in [5.41, 5.74) is 0.485. The highest BCUT2D eigenvalue weighted by Gasteiger charge is 2.34. The molecule has 1 aromatic heterocycles. The molecule has 0 amide bonds. The minimum Gasteiger partial charge on any atom is -0.395 e. The average Bonchev–Trinajstić information content (AvgIpc) is 3.16. The Hall–Kier alpha value is -2.47. The predicted octanol–water partition coefficient (Wildman–Crippen LogP) is 0.158. The van der Waals surface area contributed by atoms with Crippen LogP contribution in [0.2, 0.25) is 0 Å². The predicted molar refractivity (Wildman–Crippen MR) is 89.5 cm³/mol. The van der Waals surface area contributed by atoms with Crippen LogP contribution in [-0.4, -0.2) is 66.5 Å². The molecular weight excluding hydrogens is 354 g/mol. The quantitative estimate of drug-likeness (QED) is 0.530. The van der Waals surface area contributed by atoms with Gasteiger partial charge in [-0.25, -0.2) is 13.0 Å². The fraction of sp³-hybridized carbons (Fsp3) is 0.538. The van der Waals surface area contributed by atoms with Crippen LogP contribution in [0.4, 0.5) is 17.1 Å². The number of aliphatic hydroxyl groups is 1. The maximum atomic E-state index is 11.7. The van der Waals surface area contributed by atoms with E-state index in [-0.39, 0.29) is 53.1 Å². The third-order valence-electron chi connectivity index (χ3n) is 4.24. The molecule has 1 aliphatic rings. The van der Waals surface area contributed by atoms with Crippen molar-refractivity contribution < 1.29 is 23.1 Å². The molecule has 2 aromatic rings. The number of nitrogens with one attached hydrogen (secondary N) is 1. The monoisotopic (exact) mass is 371 g/mol. The van der Waals surface area contributed by atoms with Crippen LogP contribution in [0, 0.1) is 10.1 Å². The van der Waals surface area contributed by atoms with E-state index in [1.165, 1.54) is 6.07 Å².